The van der Waals surface area contributed by atoms with Crippen molar-refractivity contribution in [2.24, 2.45) is 0 Å². The van der Waals surface area contributed by atoms with Gasteiger partial charge in [-0.3, -0.25) is 0 Å². The summed E-state index contributed by atoms with van der Waals surface area (Å²) in [4.78, 5) is 19.1. The number of hydrogen-bond donors (Lipinski definition) is 2. The summed E-state index contributed by atoms with van der Waals surface area (Å²) in [5, 5.41) is 15.6. The fourth-order valence-corrected chi connectivity index (χ4v) is 3.17. The zero-order valence-electron chi connectivity index (χ0n) is 23.5. The van der Waals surface area contributed by atoms with E-state index in [1.165, 1.54) is 16.7 Å². The highest BCUT2D eigenvalue weighted by Gasteiger charge is 2.27. The molecule has 0 aliphatic carbocycles. The fraction of sp³-hybridized carbons (Fsp3) is 0.273. The van der Waals surface area contributed by atoms with E-state index < -0.39 is 17.7 Å². The van der Waals surface area contributed by atoms with E-state index in [0.29, 0.717) is 18.6 Å². The Morgan fingerprint density at radius 3 is 1.69 bits per heavy atom. The Hall–Kier alpha value is -4.32. The lowest BCUT2D eigenvalue weighted by molar-refractivity contribution is -0.134. The van der Waals surface area contributed by atoms with Gasteiger partial charge in [0.1, 0.15) is 11.5 Å². The van der Waals surface area contributed by atoms with Crippen molar-refractivity contribution in [3.63, 3.8) is 0 Å². The summed E-state index contributed by atoms with van der Waals surface area (Å²) >= 11 is 0. The molecule has 0 bridgehead atoms. The molecular weight excluding hydrogens is 492 g/mol. The first-order valence-corrected chi connectivity index (χ1v) is 12.7. The minimum atomic E-state index is -1.26. The third-order valence-electron chi connectivity index (χ3n) is 5.15. The van der Waals surface area contributed by atoms with Gasteiger partial charge in [-0.1, -0.05) is 83.5 Å². The molecule has 0 aliphatic rings. The summed E-state index contributed by atoms with van der Waals surface area (Å²) in [5.74, 6) is -1.75. The van der Waals surface area contributed by atoms with Crippen LogP contribution in [-0.4, -0.2) is 27.9 Å². The summed E-state index contributed by atoms with van der Waals surface area (Å²) in [7, 11) is 0. The van der Waals surface area contributed by atoms with Gasteiger partial charge < -0.3 is 19.7 Å². The average Bonchev–Trinajstić information content (AvgIpc) is 2.87. The zero-order chi connectivity index (χ0) is 29.1. The van der Waals surface area contributed by atoms with Crippen LogP contribution in [0.15, 0.2) is 120 Å². The SMILES string of the molecule is CC(C)=CCCC(C)=CC=CC(C)=CCC(C)(Oc1ccccc1)Oc1ccccc1.O=C(O)/C=C\C(=O)O. The molecule has 0 unspecified atom stereocenters. The molecule has 2 rings (SSSR count). The number of carbonyl (C=O) groups is 2. The largest absolute Gasteiger partial charge is 0.478 e. The smallest absolute Gasteiger partial charge is 0.328 e. The third kappa shape index (κ3) is 16.9. The minimum absolute atomic E-state index is 0.558. The second-order valence-electron chi connectivity index (χ2n) is 9.32. The second-order valence-corrected chi connectivity index (χ2v) is 9.32. The minimum Gasteiger partial charge on any atom is -0.478 e. The van der Waals surface area contributed by atoms with Gasteiger partial charge in [-0.25, -0.2) is 9.59 Å². The van der Waals surface area contributed by atoms with Crippen LogP contribution in [0.3, 0.4) is 0 Å². The lowest BCUT2D eigenvalue weighted by Gasteiger charge is -2.30. The Morgan fingerprint density at radius 1 is 0.769 bits per heavy atom. The molecule has 0 spiro atoms. The predicted molar refractivity (Wildman–Crippen MR) is 157 cm³/mol. The van der Waals surface area contributed by atoms with Crippen molar-refractivity contribution < 1.29 is 29.3 Å². The first-order valence-electron chi connectivity index (χ1n) is 12.7. The number of allylic oxidation sites excluding steroid dienone is 7. The topological polar surface area (TPSA) is 93.1 Å². The lowest BCUT2D eigenvalue weighted by atomic mass is 10.1. The van der Waals surface area contributed by atoms with E-state index in [-0.39, 0.29) is 0 Å². The summed E-state index contributed by atoms with van der Waals surface area (Å²) in [5.41, 5.74) is 3.93. The standard InChI is InChI=1S/C29H36O2.C4H4O4/c1-24(2)14-12-15-25(3)16-13-17-26(4)22-23-29(5,30-27-18-8-6-9-19-27)31-28-20-10-7-11-21-28;5-3(6)1-2-4(7)8/h6-11,13-14,16-22H,12,15,23H2,1-5H3;1-2H,(H,5,6)(H,7,8)/b;2-1-. The first-order chi connectivity index (χ1) is 18.5. The summed E-state index contributed by atoms with van der Waals surface area (Å²) in [6, 6.07) is 19.6. The molecule has 6 heteroatoms. The molecule has 0 aromatic heterocycles. The second kappa shape index (κ2) is 18.0. The van der Waals surface area contributed by atoms with E-state index >= 15 is 0 Å². The van der Waals surface area contributed by atoms with E-state index in [4.69, 9.17) is 19.7 Å². The lowest BCUT2D eigenvalue weighted by Crippen LogP contribution is -2.38. The van der Waals surface area contributed by atoms with Crippen molar-refractivity contribution in [2.75, 3.05) is 0 Å². The molecule has 2 N–H and O–H groups in total. The molecule has 0 aliphatic heterocycles. The van der Waals surface area contributed by atoms with Crippen molar-refractivity contribution in [3.8, 4) is 11.5 Å². The van der Waals surface area contributed by atoms with Gasteiger partial charge in [0, 0.05) is 25.5 Å². The van der Waals surface area contributed by atoms with Crippen molar-refractivity contribution in [2.45, 2.75) is 59.7 Å². The van der Waals surface area contributed by atoms with Gasteiger partial charge in [-0.15, -0.1) is 0 Å². The molecule has 0 amide bonds. The van der Waals surface area contributed by atoms with Gasteiger partial charge >= 0.3 is 11.9 Å². The molecular formula is C33H40O6. The molecule has 6 nitrogen and oxygen atoms in total. The molecule has 0 fully saturated rings. The van der Waals surface area contributed by atoms with Gasteiger partial charge in [0.15, 0.2) is 0 Å². The molecule has 2 aromatic rings. The average molecular weight is 533 g/mol. The first kappa shape index (κ1) is 32.7. The zero-order valence-corrected chi connectivity index (χ0v) is 23.5. The Morgan fingerprint density at radius 2 is 1.26 bits per heavy atom. The highest BCUT2D eigenvalue weighted by Crippen LogP contribution is 2.26. The number of hydrogen-bond acceptors (Lipinski definition) is 4. The van der Waals surface area contributed by atoms with Crippen LogP contribution in [-0.2, 0) is 9.59 Å². The molecule has 0 heterocycles. The van der Waals surface area contributed by atoms with E-state index in [2.05, 4.69) is 58.1 Å². The van der Waals surface area contributed by atoms with Crippen LogP contribution >= 0.6 is 0 Å². The van der Waals surface area contributed by atoms with Crippen LogP contribution in [0.2, 0.25) is 0 Å². The van der Waals surface area contributed by atoms with Crippen molar-refractivity contribution >= 4 is 11.9 Å². The monoisotopic (exact) mass is 532 g/mol. The summed E-state index contributed by atoms with van der Waals surface area (Å²) < 4.78 is 12.5. The molecule has 39 heavy (non-hydrogen) atoms. The number of ether oxygens (including phenoxy) is 2. The normalized spacial score (nSPS) is 12.0. The van der Waals surface area contributed by atoms with Crippen LogP contribution < -0.4 is 9.47 Å². The number of aliphatic carboxylic acids is 2. The Balaban J connectivity index is 0.000000824. The summed E-state index contributed by atoms with van der Waals surface area (Å²) in [6.45, 7) is 10.6. The number of carboxylic acids is 2. The molecule has 0 atom stereocenters. The fourth-order valence-electron chi connectivity index (χ4n) is 3.17. The predicted octanol–water partition coefficient (Wildman–Crippen LogP) is 8.16. The number of para-hydroxylation sites is 2. The van der Waals surface area contributed by atoms with Crippen LogP contribution in [0.5, 0.6) is 11.5 Å². The van der Waals surface area contributed by atoms with Gasteiger partial charge in [-0.2, -0.15) is 0 Å². The Bertz CT molecular complexity index is 1110. The van der Waals surface area contributed by atoms with Crippen molar-refractivity contribution in [1.29, 1.82) is 0 Å². The maximum atomic E-state index is 9.55. The van der Waals surface area contributed by atoms with Gasteiger partial charge in [0.25, 0.3) is 5.79 Å². The van der Waals surface area contributed by atoms with E-state index in [1.54, 1.807) is 0 Å². The van der Waals surface area contributed by atoms with Crippen LogP contribution in [0.4, 0.5) is 0 Å². The number of carboxylic acid groups (broad SMARTS) is 2. The van der Waals surface area contributed by atoms with E-state index in [9.17, 15) is 9.59 Å². The molecule has 208 valence electrons. The summed E-state index contributed by atoms with van der Waals surface area (Å²) in [6.07, 6.45) is 14.8. The van der Waals surface area contributed by atoms with Gasteiger partial charge in [0.05, 0.1) is 0 Å². The van der Waals surface area contributed by atoms with Crippen molar-refractivity contribution in [3.05, 3.63) is 120 Å². The quantitative estimate of drug-likeness (QED) is 0.117. The third-order valence-corrected chi connectivity index (χ3v) is 5.15. The molecule has 0 saturated carbocycles. The van der Waals surface area contributed by atoms with Crippen LogP contribution in [0.25, 0.3) is 0 Å². The highest BCUT2D eigenvalue weighted by atomic mass is 16.7. The molecule has 2 aromatic carbocycles. The van der Waals surface area contributed by atoms with E-state index in [1.807, 2.05) is 67.6 Å². The Kier molecular flexibility index (Phi) is 15.1. The van der Waals surface area contributed by atoms with E-state index in [0.717, 1.165) is 24.3 Å². The maximum absolute atomic E-state index is 9.55. The Labute approximate surface area is 232 Å². The van der Waals surface area contributed by atoms with Crippen LogP contribution in [0.1, 0.15) is 53.9 Å². The highest BCUT2D eigenvalue weighted by molar-refractivity contribution is 5.89. The van der Waals surface area contributed by atoms with Crippen molar-refractivity contribution in [1.82, 2.24) is 0 Å². The number of benzene rings is 2. The molecule has 0 saturated heterocycles. The van der Waals surface area contributed by atoms with Gasteiger partial charge in [-0.05, 0) is 64.8 Å². The number of rotatable bonds is 13. The van der Waals surface area contributed by atoms with Gasteiger partial charge in [0.2, 0.25) is 0 Å². The molecule has 0 radical (unpaired) electrons. The van der Waals surface area contributed by atoms with Crippen LogP contribution in [0, 0.1) is 0 Å². The maximum Gasteiger partial charge on any atom is 0.328 e.